The van der Waals surface area contributed by atoms with E-state index in [1.807, 2.05) is 0 Å². The van der Waals surface area contributed by atoms with Crippen molar-refractivity contribution in [2.45, 2.75) is 32.5 Å². The molecule has 1 aliphatic rings. The maximum atomic E-state index is 12.1. The third kappa shape index (κ3) is 3.15. The molecule has 0 saturated carbocycles. The van der Waals surface area contributed by atoms with Crippen molar-refractivity contribution in [2.75, 3.05) is 13.2 Å². The summed E-state index contributed by atoms with van der Waals surface area (Å²) >= 11 is 0. The van der Waals surface area contributed by atoms with Crippen LogP contribution in [0.1, 0.15) is 20.3 Å². The molecule has 0 bridgehead atoms. The molecule has 0 spiro atoms. The third-order valence-electron chi connectivity index (χ3n) is 3.33. The molecule has 108 valence electrons. The minimum atomic E-state index is -1.30. The molecule has 0 aliphatic heterocycles. The lowest BCUT2D eigenvalue weighted by molar-refractivity contribution is -0.161. The Kier molecular flexibility index (Phi) is 5.11. The predicted molar refractivity (Wildman–Crippen MR) is 67.3 cm³/mol. The molecule has 0 saturated heterocycles. The van der Waals surface area contributed by atoms with E-state index >= 15 is 0 Å². The average molecular weight is 272 g/mol. The van der Waals surface area contributed by atoms with Crippen LogP contribution >= 0.6 is 0 Å². The minimum absolute atomic E-state index is 0.0926. The number of hydrogen-bond donors (Lipinski definition) is 4. The third-order valence-corrected chi connectivity index (χ3v) is 3.33. The monoisotopic (exact) mass is 272 g/mol. The first-order valence-corrected chi connectivity index (χ1v) is 6.12. The van der Waals surface area contributed by atoms with Crippen LogP contribution in [0.4, 0.5) is 0 Å². The summed E-state index contributed by atoms with van der Waals surface area (Å²) in [6.45, 7) is 2.46. The molecule has 1 aliphatic carbocycles. The SMILES string of the molecule is CCC1=CC(O)=CC(O)C1(C)C(=O)OCC(O)CO. The van der Waals surface area contributed by atoms with Gasteiger partial charge < -0.3 is 25.2 Å². The number of aliphatic hydroxyl groups excluding tert-OH is 4. The molecule has 0 amide bonds. The number of rotatable bonds is 5. The molecule has 1 rings (SSSR count). The van der Waals surface area contributed by atoms with Gasteiger partial charge in [0.2, 0.25) is 0 Å². The lowest BCUT2D eigenvalue weighted by Crippen LogP contribution is -2.44. The fourth-order valence-corrected chi connectivity index (χ4v) is 1.99. The van der Waals surface area contributed by atoms with E-state index in [1.165, 1.54) is 19.1 Å². The second-order valence-electron chi connectivity index (χ2n) is 4.70. The van der Waals surface area contributed by atoms with Crippen molar-refractivity contribution in [1.29, 1.82) is 0 Å². The van der Waals surface area contributed by atoms with Gasteiger partial charge in [-0.1, -0.05) is 6.92 Å². The van der Waals surface area contributed by atoms with Gasteiger partial charge in [-0.15, -0.1) is 0 Å². The van der Waals surface area contributed by atoms with E-state index in [9.17, 15) is 15.0 Å². The van der Waals surface area contributed by atoms with Crippen LogP contribution < -0.4 is 0 Å². The zero-order valence-electron chi connectivity index (χ0n) is 11.0. The van der Waals surface area contributed by atoms with E-state index in [1.54, 1.807) is 6.92 Å². The van der Waals surface area contributed by atoms with Crippen molar-refractivity contribution < 1.29 is 30.0 Å². The first kappa shape index (κ1) is 15.7. The molecule has 19 heavy (non-hydrogen) atoms. The van der Waals surface area contributed by atoms with Crippen LogP contribution in [0.3, 0.4) is 0 Å². The van der Waals surface area contributed by atoms with E-state index in [-0.39, 0.29) is 12.4 Å². The number of carbonyl (C=O) groups is 1. The molecule has 6 nitrogen and oxygen atoms in total. The molecule has 0 aromatic carbocycles. The average Bonchev–Trinajstić information content (AvgIpc) is 2.39. The van der Waals surface area contributed by atoms with Crippen LogP contribution in [0.2, 0.25) is 0 Å². The van der Waals surface area contributed by atoms with E-state index in [4.69, 9.17) is 14.9 Å². The van der Waals surface area contributed by atoms with Crippen molar-refractivity contribution in [2.24, 2.45) is 5.41 Å². The van der Waals surface area contributed by atoms with Crippen molar-refractivity contribution in [3.05, 3.63) is 23.5 Å². The van der Waals surface area contributed by atoms with Crippen LogP contribution in [-0.4, -0.2) is 51.8 Å². The Morgan fingerprint density at radius 2 is 2.21 bits per heavy atom. The highest BCUT2D eigenvalue weighted by atomic mass is 16.5. The Morgan fingerprint density at radius 3 is 2.74 bits per heavy atom. The fourth-order valence-electron chi connectivity index (χ4n) is 1.99. The predicted octanol–water partition coefficient (Wildman–Crippen LogP) is 0.0419. The van der Waals surface area contributed by atoms with Gasteiger partial charge in [0.05, 0.1) is 12.7 Å². The lowest BCUT2D eigenvalue weighted by Gasteiger charge is -2.35. The van der Waals surface area contributed by atoms with Crippen LogP contribution in [0.25, 0.3) is 0 Å². The maximum absolute atomic E-state index is 12.1. The number of carbonyl (C=O) groups excluding carboxylic acids is 1. The summed E-state index contributed by atoms with van der Waals surface area (Å²) in [6, 6.07) is 0. The summed E-state index contributed by atoms with van der Waals surface area (Å²) in [5.41, 5.74) is -0.751. The largest absolute Gasteiger partial charge is 0.508 e. The summed E-state index contributed by atoms with van der Waals surface area (Å²) in [7, 11) is 0. The Labute approximate surface area is 111 Å². The van der Waals surface area contributed by atoms with Crippen molar-refractivity contribution in [1.82, 2.24) is 0 Å². The summed E-state index contributed by atoms with van der Waals surface area (Å²) in [5.74, 6) is -0.797. The number of hydrogen-bond acceptors (Lipinski definition) is 6. The Hall–Kier alpha value is -1.37. The standard InChI is InChI=1S/C13H20O6/c1-3-8-4-9(15)5-11(17)13(8,2)12(18)19-7-10(16)6-14/h4-5,10-11,14-17H,3,6-7H2,1-2H3. The molecular weight excluding hydrogens is 252 g/mol. The lowest BCUT2D eigenvalue weighted by atomic mass is 9.73. The van der Waals surface area contributed by atoms with Crippen LogP contribution in [-0.2, 0) is 9.53 Å². The van der Waals surface area contributed by atoms with Gasteiger partial charge in [-0.2, -0.15) is 0 Å². The van der Waals surface area contributed by atoms with Crippen molar-refractivity contribution in [3.8, 4) is 0 Å². The molecule has 0 aromatic rings. The molecule has 0 radical (unpaired) electrons. The second-order valence-corrected chi connectivity index (χ2v) is 4.70. The second kappa shape index (κ2) is 6.18. The Bertz CT molecular complexity index is 400. The van der Waals surface area contributed by atoms with Crippen molar-refractivity contribution in [3.63, 3.8) is 0 Å². The smallest absolute Gasteiger partial charge is 0.319 e. The van der Waals surface area contributed by atoms with E-state index in [2.05, 4.69) is 0 Å². The molecular formula is C13H20O6. The van der Waals surface area contributed by atoms with Crippen LogP contribution in [0, 0.1) is 5.41 Å². The number of aliphatic hydroxyl groups is 4. The van der Waals surface area contributed by atoms with Gasteiger partial charge in [0, 0.05) is 0 Å². The highest BCUT2D eigenvalue weighted by molar-refractivity contribution is 5.82. The Morgan fingerprint density at radius 1 is 1.58 bits per heavy atom. The van der Waals surface area contributed by atoms with Gasteiger partial charge in [-0.25, -0.2) is 0 Å². The van der Waals surface area contributed by atoms with Crippen LogP contribution in [0.5, 0.6) is 0 Å². The first-order valence-electron chi connectivity index (χ1n) is 6.12. The zero-order valence-corrected chi connectivity index (χ0v) is 11.0. The van der Waals surface area contributed by atoms with Crippen LogP contribution in [0.15, 0.2) is 23.5 Å². The quantitative estimate of drug-likeness (QED) is 0.526. The van der Waals surface area contributed by atoms with Gasteiger partial charge in [0.25, 0.3) is 0 Å². The molecule has 4 N–H and O–H groups in total. The molecule has 0 heterocycles. The summed E-state index contributed by atoms with van der Waals surface area (Å²) in [5, 5.41) is 37.3. The number of allylic oxidation sites excluding steroid dienone is 1. The number of ether oxygens (including phenoxy) is 1. The highest BCUT2D eigenvalue weighted by Crippen LogP contribution is 2.39. The van der Waals surface area contributed by atoms with E-state index in [0.29, 0.717) is 12.0 Å². The molecule has 3 atom stereocenters. The maximum Gasteiger partial charge on any atom is 0.319 e. The fraction of sp³-hybridized carbons (Fsp3) is 0.615. The van der Waals surface area contributed by atoms with Gasteiger partial charge >= 0.3 is 5.97 Å². The zero-order chi connectivity index (χ0) is 14.6. The summed E-state index contributed by atoms with van der Waals surface area (Å²) in [6.07, 6.45) is 0.708. The molecule has 6 heteroatoms. The summed E-state index contributed by atoms with van der Waals surface area (Å²) in [4.78, 5) is 12.1. The topological polar surface area (TPSA) is 107 Å². The molecule has 0 fully saturated rings. The first-order chi connectivity index (χ1) is 8.86. The molecule has 0 aromatic heterocycles. The number of esters is 1. The van der Waals surface area contributed by atoms with E-state index in [0.717, 1.165) is 0 Å². The summed E-state index contributed by atoms with van der Waals surface area (Å²) < 4.78 is 4.91. The Balaban J connectivity index is 2.89. The van der Waals surface area contributed by atoms with Gasteiger partial charge in [-0.05, 0) is 31.1 Å². The van der Waals surface area contributed by atoms with Gasteiger partial charge in [0.1, 0.15) is 23.9 Å². The molecule has 3 unspecified atom stereocenters. The normalized spacial score (nSPS) is 28.4. The van der Waals surface area contributed by atoms with Gasteiger partial charge in [0.15, 0.2) is 0 Å². The minimum Gasteiger partial charge on any atom is -0.508 e. The van der Waals surface area contributed by atoms with E-state index < -0.39 is 30.2 Å². The van der Waals surface area contributed by atoms with Crippen molar-refractivity contribution >= 4 is 5.97 Å². The van der Waals surface area contributed by atoms with Gasteiger partial charge in [-0.3, -0.25) is 4.79 Å². The highest BCUT2D eigenvalue weighted by Gasteiger charge is 2.46.